The average Bonchev–Trinajstić information content (AvgIpc) is 2.82. The van der Waals surface area contributed by atoms with Crippen LogP contribution in [0.3, 0.4) is 0 Å². The Morgan fingerprint density at radius 1 is 1.17 bits per heavy atom. The van der Waals surface area contributed by atoms with E-state index >= 15 is 0 Å². The Bertz CT molecular complexity index is 705. The minimum Gasteiger partial charge on any atom is -0.364 e. The summed E-state index contributed by atoms with van der Waals surface area (Å²) < 4.78 is 1.04. The maximum Gasteiger partial charge on any atom is 0.269 e. The fourth-order valence-corrected chi connectivity index (χ4v) is 2.61. The molecule has 1 amide bonds. The van der Waals surface area contributed by atoms with Crippen molar-refractivity contribution < 1.29 is 4.79 Å². The Balaban J connectivity index is 2.23. The molecule has 3 rings (SSSR count). The summed E-state index contributed by atoms with van der Waals surface area (Å²) in [5.41, 5.74) is 6.74. The number of thiazole rings is 1. The highest BCUT2D eigenvalue weighted by molar-refractivity contribution is 7.21. The fraction of sp³-hybridized carbons (Fsp3) is 0. The summed E-state index contributed by atoms with van der Waals surface area (Å²) in [7, 11) is 0. The second-order valence-electron chi connectivity index (χ2n) is 3.60. The first kappa shape index (κ1) is 10.8. The van der Waals surface area contributed by atoms with Crippen LogP contribution in [-0.2, 0) is 0 Å². The molecule has 0 radical (unpaired) electrons. The number of benzene rings is 1. The maximum atomic E-state index is 11.3. The van der Waals surface area contributed by atoms with Gasteiger partial charge in [0.25, 0.3) is 5.91 Å². The molecular weight excluding hydrogens is 248 g/mol. The van der Waals surface area contributed by atoms with E-state index in [4.69, 9.17) is 5.73 Å². The van der Waals surface area contributed by atoms with Crippen LogP contribution in [0.2, 0.25) is 0 Å². The van der Waals surface area contributed by atoms with E-state index in [1.54, 1.807) is 0 Å². The van der Waals surface area contributed by atoms with Crippen LogP contribution in [0.15, 0.2) is 36.7 Å². The number of aromatic nitrogens is 3. The third kappa shape index (κ3) is 1.72. The number of para-hydroxylation sites is 1. The third-order valence-electron chi connectivity index (χ3n) is 2.43. The van der Waals surface area contributed by atoms with Crippen LogP contribution in [0.4, 0.5) is 0 Å². The molecule has 1 aromatic carbocycles. The average molecular weight is 256 g/mol. The van der Waals surface area contributed by atoms with Crippen molar-refractivity contribution in [1.29, 1.82) is 0 Å². The number of primary amides is 1. The lowest BCUT2D eigenvalue weighted by atomic mass is 10.3. The highest BCUT2D eigenvalue weighted by Crippen LogP contribution is 2.29. The molecule has 0 spiro atoms. The molecular formula is C12H8N4OS. The van der Waals surface area contributed by atoms with Gasteiger partial charge in [0.1, 0.15) is 10.7 Å². The van der Waals surface area contributed by atoms with Gasteiger partial charge in [-0.15, -0.1) is 11.3 Å². The summed E-state index contributed by atoms with van der Waals surface area (Å²) in [6.45, 7) is 0. The monoisotopic (exact) mass is 256 g/mol. The molecule has 0 aliphatic rings. The molecule has 2 heterocycles. The molecule has 3 aromatic rings. The molecule has 2 aromatic heterocycles. The summed E-state index contributed by atoms with van der Waals surface area (Å²) in [4.78, 5) is 23.8. The number of fused-ring (bicyclic) bond motifs is 1. The fourth-order valence-electron chi connectivity index (χ4n) is 1.65. The van der Waals surface area contributed by atoms with Gasteiger partial charge in [-0.25, -0.2) is 15.0 Å². The van der Waals surface area contributed by atoms with Gasteiger partial charge in [0.15, 0.2) is 5.69 Å². The predicted molar refractivity (Wildman–Crippen MR) is 69.2 cm³/mol. The smallest absolute Gasteiger partial charge is 0.269 e. The lowest BCUT2D eigenvalue weighted by Crippen LogP contribution is -2.15. The van der Waals surface area contributed by atoms with Crippen LogP contribution in [-0.4, -0.2) is 20.9 Å². The van der Waals surface area contributed by atoms with E-state index in [0.29, 0.717) is 10.7 Å². The second-order valence-corrected chi connectivity index (χ2v) is 4.64. The summed E-state index contributed by atoms with van der Waals surface area (Å²) >= 11 is 1.46. The van der Waals surface area contributed by atoms with Gasteiger partial charge in [0.2, 0.25) is 0 Å². The van der Waals surface area contributed by atoms with Gasteiger partial charge >= 0.3 is 0 Å². The van der Waals surface area contributed by atoms with Crippen LogP contribution >= 0.6 is 11.3 Å². The van der Waals surface area contributed by atoms with Gasteiger partial charge in [-0.05, 0) is 12.1 Å². The van der Waals surface area contributed by atoms with Gasteiger partial charge in [0.05, 0.1) is 10.2 Å². The number of carbonyl (C=O) groups is 1. The van der Waals surface area contributed by atoms with Crippen molar-refractivity contribution in [3.05, 3.63) is 42.4 Å². The summed E-state index contributed by atoms with van der Waals surface area (Å²) in [5, 5.41) is 0.651. The molecule has 88 valence electrons. The van der Waals surface area contributed by atoms with E-state index in [1.807, 2.05) is 24.3 Å². The predicted octanol–water partition coefficient (Wildman–Crippen LogP) is 1.85. The highest BCUT2D eigenvalue weighted by Gasteiger charge is 2.16. The number of rotatable bonds is 2. The third-order valence-corrected chi connectivity index (χ3v) is 3.47. The van der Waals surface area contributed by atoms with Gasteiger partial charge in [-0.3, -0.25) is 4.79 Å². The Hall–Kier alpha value is -2.34. The molecule has 0 aliphatic carbocycles. The van der Waals surface area contributed by atoms with Crippen LogP contribution in [0.1, 0.15) is 10.5 Å². The van der Waals surface area contributed by atoms with Crippen LogP contribution in [0.25, 0.3) is 20.9 Å². The maximum absolute atomic E-state index is 11.3. The van der Waals surface area contributed by atoms with Crippen molar-refractivity contribution in [3.8, 4) is 10.7 Å². The van der Waals surface area contributed by atoms with E-state index < -0.39 is 5.91 Å². The molecule has 5 nitrogen and oxygen atoms in total. The zero-order valence-electron chi connectivity index (χ0n) is 9.20. The minimum atomic E-state index is -0.600. The molecule has 18 heavy (non-hydrogen) atoms. The summed E-state index contributed by atoms with van der Waals surface area (Å²) in [5.74, 6) is -0.600. The first-order valence-electron chi connectivity index (χ1n) is 5.22. The zero-order chi connectivity index (χ0) is 12.5. The molecule has 0 fully saturated rings. The van der Waals surface area contributed by atoms with Crippen molar-refractivity contribution in [2.24, 2.45) is 5.73 Å². The number of hydrogen-bond donors (Lipinski definition) is 1. The normalized spacial score (nSPS) is 10.7. The van der Waals surface area contributed by atoms with Gasteiger partial charge in [-0.2, -0.15) is 0 Å². The number of nitrogens with zero attached hydrogens (tertiary/aromatic N) is 3. The Kier molecular flexibility index (Phi) is 2.49. The van der Waals surface area contributed by atoms with Crippen molar-refractivity contribution in [3.63, 3.8) is 0 Å². The number of carbonyl (C=O) groups excluding carboxylic acids is 1. The molecule has 0 unspecified atom stereocenters. The molecule has 2 N–H and O–H groups in total. The molecule has 0 saturated heterocycles. The van der Waals surface area contributed by atoms with Crippen molar-refractivity contribution in [2.45, 2.75) is 0 Å². The summed E-state index contributed by atoms with van der Waals surface area (Å²) in [6, 6.07) is 7.74. The molecule has 0 bridgehead atoms. The quantitative estimate of drug-likeness (QED) is 0.758. The lowest BCUT2D eigenvalue weighted by molar-refractivity contribution is 0.0996. The molecule has 0 atom stereocenters. The van der Waals surface area contributed by atoms with E-state index in [-0.39, 0.29) is 5.69 Å². The zero-order valence-corrected chi connectivity index (χ0v) is 10.0. The number of amides is 1. The van der Waals surface area contributed by atoms with Gasteiger partial charge < -0.3 is 5.73 Å². The van der Waals surface area contributed by atoms with E-state index in [0.717, 1.165) is 10.2 Å². The topological polar surface area (TPSA) is 81.8 Å². The van der Waals surface area contributed by atoms with Crippen LogP contribution < -0.4 is 5.73 Å². The van der Waals surface area contributed by atoms with Gasteiger partial charge in [-0.1, -0.05) is 12.1 Å². The highest BCUT2D eigenvalue weighted by atomic mass is 32.1. The van der Waals surface area contributed by atoms with Crippen molar-refractivity contribution in [2.75, 3.05) is 0 Å². The SMILES string of the molecule is NC(=O)c1nccnc1-c1nc2ccccc2s1. The van der Waals surface area contributed by atoms with E-state index in [9.17, 15) is 4.79 Å². The summed E-state index contributed by atoms with van der Waals surface area (Å²) in [6.07, 6.45) is 2.96. The van der Waals surface area contributed by atoms with Crippen molar-refractivity contribution in [1.82, 2.24) is 15.0 Å². The van der Waals surface area contributed by atoms with Gasteiger partial charge in [0, 0.05) is 12.4 Å². The Morgan fingerprint density at radius 2 is 1.94 bits per heavy atom. The van der Waals surface area contributed by atoms with Crippen molar-refractivity contribution >= 4 is 27.5 Å². The standard InChI is InChI=1S/C12H8N4OS/c13-11(17)9-10(15-6-5-14-9)12-16-7-3-1-2-4-8(7)18-12/h1-6H,(H2,13,17). The van der Waals surface area contributed by atoms with Crippen LogP contribution in [0.5, 0.6) is 0 Å². The first-order valence-corrected chi connectivity index (χ1v) is 6.04. The first-order chi connectivity index (χ1) is 8.75. The number of nitrogens with two attached hydrogens (primary N) is 1. The lowest BCUT2D eigenvalue weighted by Gasteiger charge is -1.99. The molecule has 0 aliphatic heterocycles. The molecule has 6 heteroatoms. The Labute approximate surface area is 106 Å². The second kappa shape index (κ2) is 4.15. The van der Waals surface area contributed by atoms with E-state index in [1.165, 1.54) is 23.7 Å². The minimum absolute atomic E-state index is 0.150. The number of hydrogen-bond acceptors (Lipinski definition) is 5. The largest absolute Gasteiger partial charge is 0.364 e. The Morgan fingerprint density at radius 3 is 2.72 bits per heavy atom. The van der Waals surface area contributed by atoms with Crippen LogP contribution in [0, 0.1) is 0 Å². The molecule has 0 saturated carbocycles. The van der Waals surface area contributed by atoms with E-state index in [2.05, 4.69) is 15.0 Å².